The smallest absolute Gasteiger partial charge is 0.170 e. The lowest BCUT2D eigenvalue weighted by molar-refractivity contribution is 0.210. The van der Waals surface area contributed by atoms with Crippen LogP contribution in [-0.4, -0.2) is 12.3 Å². The van der Waals surface area contributed by atoms with Gasteiger partial charge in [-0.25, -0.2) is 0 Å². The van der Waals surface area contributed by atoms with Gasteiger partial charge in [-0.1, -0.05) is 36.4 Å². The molecule has 0 radical (unpaired) electrons. The highest BCUT2D eigenvalue weighted by Crippen LogP contribution is 2.22. The fourth-order valence-corrected chi connectivity index (χ4v) is 2.16. The summed E-state index contributed by atoms with van der Waals surface area (Å²) in [4.78, 5) is 1.97. The molecule has 0 aliphatic carbocycles. The first-order valence-electron chi connectivity index (χ1n) is 6.67. The molecule has 0 heterocycles. The SMILES string of the molecule is CC(C#N)N(c1ccccc1)C(C)Oc1ccccc1. The van der Waals surface area contributed by atoms with Gasteiger partial charge in [0, 0.05) is 5.69 Å². The third kappa shape index (κ3) is 3.30. The molecule has 0 aliphatic heterocycles. The van der Waals surface area contributed by atoms with Gasteiger partial charge in [0.2, 0.25) is 0 Å². The summed E-state index contributed by atoms with van der Waals surface area (Å²) >= 11 is 0. The number of nitriles is 1. The first kappa shape index (κ1) is 14.0. The molecular weight excluding hydrogens is 248 g/mol. The van der Waals surface area contributed by atoms with Gasteiger partial charge in [0.05, 0.1) is 6.07 Å². The van der Waals surface area contributed by atoms with Gasteiger partial charge in [-0.05, 0) is 38.1 Å². The van der Waals surface area contributed by atoms with Crippen molar-refractivity contribution in [2.75, 3.05) is 4.90 Å². The quantitative estimate of drug-likeness (QED) is 0.772. The predicted molar refractivity (Wildman–Crippen MR) is 80.5 cm³/mol. The standard InChI is InChI=1S/C17H18N2O/c1-14(13-18)19(16-9-5-3-6-10-16)15(2)20-17-11-7-4-8-12-17/h3-12,14-15H,1-2H3. The molecule has 3 heteroatoms. The molecule has 2 atom stereocenters. The highest BCUT2D eigenvalue weighted by Gasteiger charge is 2.21. The second-order valence-electron chi connectivity index (χ2n) is 4.58. The Hall–Kier alpha value is -2.47. The van der Waals surface area contributed by atoms with Gasteiger partial charge in [0.15, 0.2) is 6.23 Å². The molecule has 0 bridgehead atoms. The lowest BCUT2D eigenvalue weighted by Gasteiger charge is -2.33. The molecule has 2 aromatic rings. The molecule has 0 amide bonds. The molecule has 102 valence electrons. The van der Waals surface area contributed by atoms with Gasteiger partial charge in [0.1, 0.15) is 11.8 Å². The van der Waals surface area contributed by atoms with Crippen LogP contribution >= 0.6 is 0 Å². The summed E-state index contributed by atoms with van der Waals surface area (Å²) in [6.07, 6.45) is -0.227. The van der Waals surface area contributed by atoms with E-state index in [1.54, 1.807) is 0 Å². The van der Waals surface area contributed by atoms with Crippen LogP contribution in [-0.2, 0) is 0 Å². The summed E-state index contributed by atoms with van der Waals surface area (Å²) in [7, 11) is 0. The minimum atomic E-state index is -0.267. The second-order valence-corrected chi connectivity index (χ2v) is 4.58. The Morgan fingerprint density at radius 3 is 2.05 bits per heavy atom. The summed E-state index contributed by atoms with van der Waals surface area (Å²) in [5.74, 6) is 0.797. The van der Waals surface area contributed by atoms with E-state index in [0.717, 1.165) is 11.4 Å². The van der Waals surface area contributed by atoms with Crippen molar-refractivity contribution in [3.8, 4) is 11.8 Å². The average Bonchev–Trinajstić information content (AvgIpc) is 2.49. The maximum atomic E-state index is 9.23. The van der Waals surface area contributed by atoms with Crippen molar-refractivity contribution in [1.29, 1.82) is 5.26 Å². The van der Waals surface area contributed by atoms with Crippen LogP contribution in [0, 0.1) is 11.3 Å². The zero-order valence-corrected chi connectivity index (χ0v) is 11.7. The Bertz CT molecular complexity index is 563. The highest BCUT2D eigenvalue weighted by molar-refractivity contribution is 5.49. The van der Waals surface area contributed by atoms with Gasteiger partial charge in [-0.3, -0.25) is 0 Å². The van der Waals surface area contributed by atoms with Gasteiger partial charge >= 0.3 is 0 Å². The molecule has 0 aliphatic rings. The van der Waals surface area contributed by atoms with Crippen molar-refractivity contribution >= 4 is 5.69 Å². The lowest BCUT2D eigenvalue weighted by atomic mass is 10.2. The summed E-state index contributed by atoms with van der Waals surface area (Å²) in [5, 5.41) is 9.23. The fraction of sp³-hybridized carbons (Fsp3) is 0.235. The predicted octanol–water partition coefficient (Wildman–Crippen LogP) is 3.83. The number of para-hydroxylation sites is 2. The second kappa shape index (κ2) is 6.63. The molecule has 2 rings (SSSR count). The van der Waals surface area contributed by atoms with E-state index < -0.39 is 0 Å². The van der Waals surface area contributed by atoms with E-state index in [1.807, 2.05) is 79.4 Å². The molecule has 0 spiro atoms. The Balaban J connectivity index is 2.21. The topological polar surface area (TPSA) is 36.3 Å². The van der Waals surface area contributed by atoms with Gasteiger partial charge in [-0.2, -0.15) is 5.26 Å². The van der Waals surface area contributed by atoms with Crippen molar-refractivity contribution in [3.63, 3.8) is 0 Å². The number of hydrogen-bond donors (Lipinski definition) is 0. The molecule has 20 heavy (non-hydrogen) atoms. The van der Waals surface area contributed by atoms with E-state index in [1.165, 1.54) is 0 Å². The molecule has 2 aromatic carbocycles. The lowest BCUT2D eigenvalue weighted by Crippen LogP contribution is -2.43. The zero-order chi connectivity index (χ0) is 14.4. The van der Waals surface area contributed by atoms with Crippen LogP contribution in [0.3, 0.4) is 0 Å². The summed E-state index contributed by atoms with van der Waals surface area (Å²) in [5.41, 5.74) is 0.977. The molecule has 0 fully saturated rings. The maximum absolute atomic E-state index is 9.23. The van der Waals surface area contributed by atoms with Gasteiger partial charge < -0.3 is 9.64 Å². The van der Waals surface area contributed by atoms with E-state index in [0.29, 0.717) is 0 Å². The number of anilines is 1. The molecule has 2 unspecified atom stereocenters. The van der Waals surface area contributed by atoms with E-state index in [9.17, 15) is 5.26 Å². The van der Waals surface area contributed by atoms with Crippen molar-refractivity contribution < 1.29 is 4.74 Å². The largest absolute Gasteiger partial charge is 0.471 e. The first-order chi connectivity index (χ1) is 9.72. The number of hydrogen-bond acceptors (Lipinski definition) is 3. The first-order valence-corrected chi connectivity index (χ1v) is 6.67. The monoisotopic (exact) mass is 266 g/mol. The molecule has 0 saturated heterocycles. The van der Waals surface area contributed by atoms with Crippen LogP contribution in [0.1, 0.15) is 13.8 Å². The van der Waals surface area contributed by atoms with Crippen molar-refractivity contribution in [1.82, 2.24) is 0 Å². The number of rotatable bonds is 5. The maximum Gasteiger partial charge on any atom is 0.170 e. The summed E-state index contributed by atoms with van der Waals surface area (Å²) < 4.78 is 5.93. The fourth-order valence-electron chi connectivity index (χ4n) is 2.16. The molecule has 0 aromatic heterocycles. The number of nitrogens with zero attached hydrogens (tertiary/aromatic N) is 2. The Morgan fingerprint density at radius 1 is 0.950 bits per heavy atom. The van der Waals surface area contributed by atoms with Crippen LogP contribution in [0.15, 0.2) is 60.7 Å². The van der Waals surface area contributed by atoms with Crippen molar-refractivity contribution in [3.05, 3.63) is 60.7 Å². The summed E-state index contributed by atoms with van der Waals surface area (Å²) in [6, 6.07) is 21.5. The van der Waals surface area contributed by atoms with Crippen LogP contribution in [0.4, 0.5) is 5.69 Å². The number of ether oxygens (including phenoxy) is 1. The molecule has 0 N–H and O–H groups in total. The minimum absolute atomic E-state index is 0.227. The summed E-state index contributed by atoms with van der Waals surface area (Å²) in [6.45, 7) is 3.83. The Morgan fingerprint density at radius 2 is 1.50 bits per heavy atom. The third-order valence-corrected chi connectivity index (χ3v) is 3.10. The van der Waals surface area contributed by atoms with E-state index >= 15 is 0 Å². The van der Waals surface area contributed by atoms with Crippen molar-refractivity contribution in [2.45, 2.75) is 26.1 Å². The molecular formula is C17H18N2O. The third-order valence-electron chi connectivity index (χ3n) is 3.10. The molecule has 3 nitrogen and oxygen atoms in total. The zero-order valence-electron chi connectivity index (χ0n) is 11.7. The van der Waals surface area contributed by atoms with Gasteiger partial charge in [0.25, 0.3) is 0 Å². The Labute approximate surface area is 120 Å². The minimum Gasteiger partial charge on any atom is -0.471 e. The molecule has 0 saturated carbocycles. The highest BCUT2D eigenvalue weighted by atomic mass is 16.5. The van der Waals surface area contributed by atoms with Crippen LogP contribution in [0.5, 0.6) is 5.75 Å². The van der Waals surface area contributed by atoms with E-state index in [4.69, 9.17) is 4.74 Å². The van der Waals surface area contributed by atoms with E-state index in [-0.39, 0.29) is 12.3 Å². The van der Waals surface area contributed by atoms with Crippen LogP contribution < -0.4 is 9.64 Å². The number of benzene rings is 2. The Kier molecular flexibility index (Phi) is 4.62. The van der Waals surface area contributed by atoms with Crippen LogP contribution in [0.25, 0.3) is 0 Å². The van der Waals surface area contributed by atoms with Crippen molar-refractivity contribution in [2.24, 2.45) is 0 Å². The van der Waals surface area contributed by atoms with Gasteiger partial charge in [-0.15, -0.1) is 0 Å². The average molecular weight is 266 g/mol. The van der Waals surface area contributed by atoms with Crippen LogP contribution in [0.2, 0.25) is 0 Å². The van der Waals surface area contributed by atoms with E-state index in [2.05, 4.69) is 6.07 Å². The normalized spacial score (nSPS) is 13.1.